The van der Waals surface area contributed by atoms with Gasteiger partial charge in [0.1, 0.15) is 0 Å². The zero-order valence-electron chi connectivity index (χ0n) is 25.9. The summed E-state index contributed by atoms with van der Waals surface area (Å²) in [4.78, 5) is 2.78. The van der Waals surface area contributed by atoms with Gasteiger partial charge in [0, 0.05) is 24.6 Å². The molecule has 0 spiro atoms. The SMILES string of the molecule is C=CCCC1CC([Si](C)(CCOC(C)(C)C)C2C3C=CC=CC3C3C2C2C=C(C)C=CC2N3C)C2C=CC=CC12. The van der Waals surface area contributed by atoms with Gasteiger partial charge in [0.05, 0.1) is 13.7 Å². The van der Waals surface area contributed by atoms with Gasteiger partial charge < -0.3 is 4.74 Å². The second kappa shape index (κ2) is 10.9. The van der Waals surface area contributed by atoms with Crippen molar-refractivity contribution in [1.29, 1.82) is 0 Å². The number of ether oxygens (including phenoxy) is 1. The lowest BCUT2D eigenvalue weighted by Crippen LogP contribution is -2.49. The highest BCUT2D eigenvalue weighted by Gasteiger charge is 2.66. The Balaban J connectivity index is 1.44. The topological polar surface area (TPSA) is 12.5 Å². The number of nitrogens with zero attached hydrogens (tertiary/aromatic N) is 1. The predicted octanol–water partition coefficient (Wildman–Crippen LogP) is 8.77. The van der Waals surface area contributed by atoms with Gasteiger partial charge in [-0.3, -0.25) is 4.90 Å². The van der Waals surface area contributed by atoms with E-state index < -0.39 is 8.07 Å². The van der Waals surface area contributed by atoms with Crippen LogP contribution in [-0.2, 0) is 4.74 Å². The van der Waals surface area contributed by atoms with Crippen LogP contribution in [0.2, 0.25) is 23.7 Å². The molecular formula is C37H53NOSi. The minimum atomic E-state index is -1.90. The van der Waals surface area contributed by atoms with Crippen molar-refractivity contribution in [3.05, 3.63) is 85.1 Å². The van der Waals surface area contributed by atoms with Gasteiger partial charge in [0.15, 0.2) is 0 Å². The molecule has 0 bridgehead atoms. The molecule has 0 aromatic heterocycles. The van der Waals surface area contributed by atoms with Crippen LogP contribution in [0, 0.1) is 41.4 Å². The Morgan fingerprint density at radius 3 is 2.35 bits per heavy atom. The molecule has 5 aliphatic carbocycles. The largest absolute Gasteiger partial charge is 0.376 e. The highest BCUT2D eigenvalue weighted by Crippen LogP contribution is 2.67. The average Bonchev–Trinajstić information content (AvgIpc) is 3.55. The maximum absolute atomic E-state index is 6.59. The smallest absolute Gasteiger partial charge is 0.0605 e. The van der Waals surface area contributed by atoms with E-state index in [1.165, 1.54) is 24.5 Å². The highest BCUT2D eigenvalue weighted by molar-refractivity contribution is 6.82. The molecule has 0 aromatic rings. The van der Waals surface area contributed by atoms with Gasteiger partial charge in [-0.2, -0.15) is 0 Å². The maximum atomic E-state index is 6.59. The molecule has 12 unspecified atom stereocenters. The third-order valence-corrected chi connectivity index (χ3v) is 17.8. The fraction of sp³-hybridized carbons (Fsp3) is 0.622. The van der Waals surface area contributed by atoms with Crippen LogP contribution in [0.3, 0.4) is 0 Å². The lowest BCUT2D eigenvalue weighted by atomic mass is 9.82. The minimum absolute atomic E-state index is 0.0889. The fourth-order valence-electron chi connectivity index (χ4n) is 10.4. The number of rotatable bonds is 8. The Bertz CT molecular complexity index is 1150. The summed E-state index contributed by atoms with van der Waals surface area (Å²) in [5.74, 6) is 4.79. The van der Waals surface area contributed by atoms with E-state index in [0.29, 0.717) is 41.7 Å². The molecule has 0 N–H and O–H groups in total. The molecule has 2 nitrogen and oxygen atoms in total. The number of likely N-dealkylation sites (tertiary alicyclic amines) is 1. The molecule has 6 rings (SSSR count). The van der Waals surface area contributed by atoms with Crippen LogP contribution in [0.5, 0.6) is 0 Å². The van der Waals surface area contributed by atoms with Gasteiger partial charge in [-0.05, 0) is 107 Å². The summed E-state index contributed by atoms with van der Waals surface area (Å²) in [6.45, 7) is 16.8. The van der Waals surface area contributed by atoms with Gasteiger partial charge in [-0.25, -0.2) is 0 Å². The molecular weight excluding hydrogens is 502 g/mol. The van der Waals surface area contributed by atoms with Crippen molar-refractivity contribution in [2.24, 2.45) is 41.4 Å². The van der Waals surface area contributed by atoms with Crippen LogP contribution in [0.4, 0.5) is 0 Å². The summed E-state index contributed by atoms with van der Waals surface area (Å²) < 4.78 is 6.59. The van der Waals surface area contributed by atoms with Crippen molar-refractivity contribution in [2.75, 3.05) is 13.7 Å². The minimum Gasteiger partial charge on any atom is -0.376 e. The number of fused-ring (bicyclic) bond motifs is 6. The molecule has 1 heterocycles. The van der Waals surface area contributed by atoms with Crippen LogP contribution in [0.15, 0.2) is 85.1 Å². The number of likely N-dealkylation sites (N-methyl/N-ethyl adjacent to an activating group) is 1. The third-order valence-electron chi connectivity index (χ3n) is 11.9. The van der Waals surface area contributed by atoms with Crippen molar-refractivity contribution < 1.29 is 4.74 Å². The van der Waals surface area contributed by atoms with Crippen LogP contribution in [0.25, 0.3) is 0 Å². The Labute approximate surface area is 245 Å². The first-order valence-electron chi connectivity index (χ1n) is 16.2. The van der Waals surface area contributed by atoms with Gasteiger partial charge in [0.2, 0.25) is 0 Å². The zero-order valence-corrected chi connectivity index (χ0v) is 26.9. The molecule has 1 aliphatic heterocycles. The van der Waals surface area contributed by atoms with Crippen molar-refractivity contribution in [2.45, 2.75) is 88.3 Å². The van der Waals surface area contributed by atoms with Crippen LogP contribution in [-0.4, -0.2) is 44.3 Å². The fourth-order valence-corrected chi connectivity index (χ4v) is 16.7. The van der Waals surface area contributed by atoms with E-state index in [9.17, 15) is 0 Å². The van der Waals surface area contributed by atoms with Gasteiger partial charge in [-0.15, -0.1) is 6.58 Å². The molecule has 0 aromatic carbocycles. The van der Waals surface area contributed by atoms with Crippen molar-refractivity contribution in [1.82, 2.24) is 4.90 Å². The van der Waals surface area contributed by atoms with E-state index in [2.05, 4.69) is 126 Å². The standard InChI is InChI=1S/C37H53NOSi/c1-8-9-14-26-24-33(28-16-11-10-15-27(26)28)40(7,22-21-39-37(3,4)5)36-30-18-13-12-17-29(30)35-34(36)31-23-25(2)19-20-32(31)38(35)6/h8,10-13,15-20,23,26-36H,1,9,14,21-22,24H2,2-7H3. The first-order chi connectivity index (χ1) is 19.1. The Hall–Kier alpha value is -1.68. The Morgan fingerprint density at radius 2 is 1.65 bits per heavy atom. The summed E-state index contributed by atoms with van der Waals surface area (Å²) in [5, 5.41) is 0. The summed E-state index contributed by atoms with van der Waals surface area (Å²) >= 11 is 0. The van der Waals surface area contributed by atoms with E-state index in [0.717, 1.165) is 35.9 Å². The van der Waals surface area contributed by atoms with Crippen LogP contribution in [0.1, 0.15) is 47.0 Å². The zero-order chi connectivity index (χ0) is 28.2. The number of hydrogen-bond acceptors (Lipinski definition) is 2. The number of hydrogen-bond donors (Lipinski definition) is 0. The van der Waals surface area contributed by atoms with Crippen molar-refractivity contribution in [3.8, 4) is 0 Å². The normalized spacial score (nSPS) is 42.8. The van der Waals surface area contributed by atoms with Crippen molar-refractivity contribution >= 4 is 8.07 Å². The Kier molecular flexibility index (Phi) is 7.72. The van der Waals surface area contributed by atoms with Crippen LogP contribution >= 0.6 is 0 Å². The predicted molar refractivity (Wildman–Crippen MR) is 173 cm³/mol. The number of allylic oxidation sites excluding steroid dienone is 10. The molecule has 0 radical (unpaired) electrons. The Morgan fingerprint density at radius 1 is 0.975 bits per heavy atom. The third kappa shape index (κ3) is 4.78. The van der Waals surface area contributed by atoms with E-state index in [1.54, 1.807) is 0 Å². The summed E-state index contributed by atoms with van der Waals surface area (Å²) in [6, 6.07) is 2.45. The molecule has 12 atom stereocenters. The summed E-state index contributed by atoms with van der Waals surface area (Å²) in [5.41, 5.74) is 2.94. The molecule has 6 aliphatic rings. The monoisotopic (exact) mass is 555 g/mol. The van der Waals surface area contributed by atoms with E-state index in [1.807, 2.05) is 0 Å². The van der Waals surface area contributed by atoms with Gasteiger partial charge in [0.25, 0.3) is 0 Å². The molecule has 3 heteroatoms. The second-order valence-electron chi connectivity index (χ2n) is 15.1. The lowest BCUT2D eigenvalue weighted by Gasteiger charge is -2.48. The van der Waals surface area contributed by atoms with E-state index in [-0.39, 0.29) is 5.60 Å². The average molecular weight is 556 g/mol. The first-order valence-corrected chi connectivity index (χ1v) is 19.0. The quantitative estimate of drug-likeness (QED) is 0.219. The van der Waals surface area contributed by atoms with E-state index in [4.69, 9.17) is 4.74 Å². The molecule has 216 valence electrons. The molecule has 0 amide bonds. The molecule has 3 fully saturated rings. The van der Waals surface area contributed by atoms with Crippen LogP contribution < -0.4 is 0 Å². The van der Waals surface area contributed by atoms with Crippen molar-refractivity contribution in [3.63, 3.8) is 0 Å². The highest BCUT2D eigenvalue weighted by atomic mass is 28.3. The van der Waals surface area contributed by atoms with Gasteiger partial charge in [-0.1, -0.05) is 85.0 Å². The summed E-state index contributed by atoms with van der Waals surface area (Å²) in [6.07, 6.45) is 33.4. The lowest BCUT2D eigenvalue weighted by molar-refractivity contribution is 0.00447. The maximum Gasteiger partial charge on any atom is 0.0605 e. The first kappa shape index (κ1) is 28.4. The van der Waals surface area contributed by atoms with Gasteiger partial charge >= 0.3 is 0 Å². The molecule has 1 saturated heterocycles. The molecule has 40 heavy (non-hydrogen) atoms. The second-order valence-corrected chi connectivity index (χ2v) is 20.1. The summed E-state index contributed by atoms with van der Waals surface area (Å²) in [7, 11) is 0.535. The van der Waals surface area contributed by atoms with E-state index >= 15 is 0 Å². The molecule has 2 saturated carbocycles.